The van der Waals surface area contributed by atoms with E-state index in [4.69, 9.17) is 0 Å². The lowest BCUT2D eigenvalue weighted by atomic mass is 10.2. The van der Waals surface area contributed by atoms with Crippen molar-refractivity contribution in [3.63, 3.8) is 0 Å². The van der Waals surface area contributed by atoms with E-state index < -0.39 is 0 Å². The lowest BCUT2D eigenvalue weighted by molar-refractivity contribution is 0.0827. The summed E-state index contributed by atoms with van der Waals surface area (Å²) in [5.74, 6) is -0.269. The molecule has 1 aromatic heterocycles. The highest BCUT2D eigenvalue weighted by Crippen LogP contribution is 2.16. The molecule has 0 spiro atoms. The van der Waals surface area contributed by atoms with Crippen LogP contribution in [0.4, 0.5) is 5.69 Å². The average Bonchev–Trinajstić information content (AvgIpc) is 2.77. The number of hydrogen-bond acceptors (Lipinski definition) is 2. The first-order chi connectivity index (χ1) is 9.88. The molecule has 0 radical (unpaired) electrons. The van der Waals surface area contributed by atoms with Crippen molar-refractivity contribution < 1.29 is 9.59 Å². The molecule has 0 unspecified atom stereocenters. The van der Waals surface area contributed by atoms with Gasteiger partial charge in [-0.1, -0.05) is 0 Å². The van der Waals surface area contributed by atoms with Crippen molar-refractivity contribution in [2.45, 2.75) is 0 Å². The van der Waals surface area contributed by atoms with E-state index in [2.05, 4.69) is 21.2 Å². The molecule has 2 rings (SSSR count). The van der Waals surface area contributed by atoms with Gasteiger partial charge in [-0.05, 0) is 46.3 Å². The maximum atomic E-state index is 12.1. The molecule has 0 aliphatic rings. The third-order valence-electron chi connectivity index (χ3n) is 3.00. The van der Waals surface area contributed by atoms with Crippen molar-refractivity contribution in [1.82, 2.24) is 9.47 Å². The largest absolute Gasteiger partial charge is 0.345 e. The Labute approximate surface area is 131 Å². The molecule has 1 heterocycles. The van der Waals surface area contributed by atoms with Crippen LogP contribution in [0.2, 0.25) is 0 Å². The van der Waals surface area contributed by atoms with E-state index in [0.29, 0.717) is 16.9 Å². The van der Waals surface area contributed by atoms with Gasteiger partial charge in [0, 0.05) is 43.1 Å². The van der Waals surface area contributed by atoms with Crippen molar-refractivity contribution in [1.29, 1.82) is 0 Å². The van der Waals surface area contributed by atoms with E-state index in [1.165, 1.54) is 4.90 Å². The Kier molecular flexibility index (Phi) is 4.47. The van der Waals surface area contributed by atoms with Crippen LogP contribution < -0.4 is 5.32 Å². The van der Waals surface area contributed by atoms with Crippen LogP contribution in [0.25, 0.3) is 0 Å². The second-order valence-corrected chi connectivity index (χ2v) is 5.80. The summed E-state index contributed by atoms with van der Waals surface area (Å²) in [5, 5.41) is 2.80. The SMILES string of the molecule is CN(C)C(=O)c1ccc(NC(=O)c2cc(Br)cn2C)cc1. The zero-order valence-corrected chi connectivity index (χ0v) is 13.6. The van der Waals surface area contributed by atoms with E-state index in [-0.39, 0.29) is 11.8 Å². The summed E-state index contributed by atoms with van der Waals surface area (Å²) < 4.78 is 2.59. The van der Waals surface area contributed by atoms with Gasteiger partial charge in [-0.3, -0.25) is 9.59 Å². The number of aromatic nitrogens is 1. The molecule has 0 bridgehead atoms. The fraction of sp³-hybridized carbons (Fsp3) is 0.200. The van der Waals surface area contributed by atoms with Crippen LogP contribution in [0, 0.1) is 0 Å². The van der Waals surface area contributed by atoms with Crippen LogP contribution in [0.5, 0.6) is 0 Å². The molecular weight excluding hydrogens is 334 g/mol. The van der Waals surface area contributed by atoms with E-state index in [0.717, 1.165) is 4.47 Å². The van der Waals surface area contributed by atoms with Gasteiger partial charge in [0.05, 0.1) is 0 Å². The van der Waals surface area contributed by atoms with Crippen LogP contribution in [-0.4, -0.2) is 35.4 Å². The smallest absolute Gasteiger partial charge is 0.272 e. The standard InChI is InChI=1S/C15H16BrN3O2/c1-18(2)15(21)10-4-6-12(7-5-10)17-14(20)13-8-11(16)9-19(13)3/h4-9H,1-3H3,(H,17,20). The molecule has 0 saturated heterocycles. The normalized spacial score (nSPS) is 10.3. The molecule has 6 heteroatoms. The number of nitrogens with zero attached hydrogens (tertiary/aromatic N) is 2. The molecule has 0 aliphatic carbocycles. The fourth-order valence-corrected chi connectivity index (χ4v) is 2.42. The van der Waals surface area contributed by atoms with Crippen LogP contribution in [0.1, 0.15) is 20.8 Å². The molecule has 0 fully saturated rings. The number of amides is 2. The third kappa shape index (κ3) is 3.52. The van der Waals surface area contributed by atoms with Gasteiger partial charge < -0.3 is 14.8 Å². The lowest BCUT2D eigenvalue weighted by Crippen LogP contribution is -2.21. The van der Waals surface area contributed by atoms with Gasteiger partial charge in [-0.25, -0.2) is 0 Å². The number of halogens is 1. The van der Waals surface area contributed by atoms with Crippen LogP contribution in [0.3, 0.4) is 0 Å². The molecular formula is C15H16BrN3O2. The summed E-state index contributed by atoms with van der Waals surface area (Å²) in [7, 11) is 5.20. The lowest BCUT2D eigenvalue weighted by Gasteiger charge is -2.11. The Morgan fingerprint density at radius 3 is 2.29 bits per heavy atom. The van der Waals surface area contributed by atoms with Crippen LogP contribution in [0.15, 0.2) is 41.0 Å². The minimum Gasteiger partial charge on any atom is -0.345 e. The Morgan fingerprint density at radius 2 is 1.81 bits per heavy atom. The minimum atomic E-state index is -0.199. The summed E-state index contributed by atoms with van der Waals surface area (Å²) in [5.41, 5.74) is 1.78. The molecule has 1 N–H and O–H groups in total. The maximum absolute atomic E-state index is 12.1. The van der Waals surface area contributed by atoms with Gasteiger partial charge in [0.2, 0.25) is 0 Å². The first-order valence-electron chi connectivity index (χ1n) is 6.33. The topological polar surface area (TPSA) is 54.3 Å². The van der Waals surface area contributed by atoms with Gasteiger partial charge >= 0.3 is 0 Å². The van der Waals surface area contributed by atoms with E-state index in [1.54, 1.807) is 56.0 Å². The van der Waals surface area contributed by atoms with Crippen molar-refractivity contribution >= 4 is 33.4 Å². The van der Waals surface area contributed by atoms with Crippen LogP contribution >= 0.6 is 15.9 Å². The Balaban J connectivity index is 2.12. The molecule has 2 aromatic rings. The highest BCUT2D eigenvalue weighted by atomic mass is 79.9. The highest BCUT2D eigenvalue weighted by molar-refractivity contribution is 9.10. The van der Waals surface area contributed by atoms with E-state index in [9.17, 15) is 9.59 Å². The van der Waals surface area contributed by atoms with Gasteiger partial charge in [0.15, 0.2) is 0 Å². The predicted molar refractivity (Wildman–Crippen MR) is 85.5 cm³/mol. The number of hydrogen-bond donors (Lipinski definition) is 1. The first-order valence-corrected chi connectivity index (χ1v) is 7.12. The van der Waals surface area contributed by atoms with Crippen LogP contribution in [-0.2, 0) is 7.05 Å². The first kappa shape index (κ1) is 15.3. The summed E-state index contributed by atoms with van der Waals surface area (Å²) in [6.45, 7) is 0. The van der Waals surface area contributed by atoms with Crippen molar-refractivity contribution in [2.75, 3.05) is 19.4 Å². The summed E-state index contributed by atoms with van der Waals surface area (Å²) in [6.07, 6.45) is 1.81. The molecule has 2 amide bonds. The van der Waals surface area contributed by atoms with Gasteiger partial charge in [0.25, 0.3) is 11.8 Å². The second kappa shape index (κ2) is 6.13. The van der Waals surface area contributed by atoms with Crippen molar-refractivity contribution in [3.8, 4) is 0 Å². The molecule has 5 nitrogen and oxygen atoms in total. The fourth-order valence-electron chi connectivity index (χ4n) is 1.90. The van der Waals surface area contributed by atoms with Gasteiger partial charge in [-0.2, -0.15) is 0 Å². The number of nitrogens with one attached hydrogen (secondary N) is 1. The molecule has 21 heavy (non-hydrogen) atoms. The quantitative estimate of drug-likeness (QED) is 0.926. The third-order valence-corrected chi connectivity index (χ3v) is 3.43. The summed E-state index contributed by atoms with van der Waals surface area (Å²) in [4.78, 5) is 25.4. The molecule has 0 aliphatic heterocycles. The average molecular weight is 350 g/mol. The number of anilines is 1. The van der Waals surface area contributed by atoms with Crippen molar-refractivity contribution in [3.05, 3.63) is 52.3 Å². The summed E-state index contributed by atoms with van der Waals surface area (Å²) >= 11 is 3.33. The monoisotopic (exact) mass is 349 g/mol. The zero-order valence-electron chi connectivity index (χ0n) is 12.1. The zero-order chi connectivity index (χ0) is 15.6. The number of rotatable bonds is 3. The van der Waals surface area contributed by atoms with Crippen molar-refractivity contribution in [2.24, 2.45) is 7.05 Å². The van der Waals surface area contributed by atoms with Gasteiger partial charge in [0.1, 0.15) is 5.69 Å². The van der Waals surface area contributed by atoms with Gasteiger partial charge in [-0.15, -0.1) is 0 Å². The maximum Gasteiger partial charge on any atom is 0.272 e. The number of carbonyl (C=O) groups is 2. The molecule has 0 atom stereocenters. The predicted octanol–water partition coefficient (Wildman–Crippen LogP) is 2.74. The van der Waals surface area contributed by atoms with E-state index >= 15 is 0 Å². The minimum absolute atomic E-state index is 0.0701. The van der Waals surface area contributed by atoms with E-state index in [1.807, 2.05) is 6.20 Å². The number of aryl methyl sites for hydroxylation is 1. The Hall–Kier alpha value is -2.08. The molecule has 110 valence electrons. The molecule has 0 saturated carbocycles. The Bertz CT molecular complexity index is 675. The number of benzene rings is 1. The summed E-state index contributed by atoms with van der Waals surface area (Å²) in [6, 6.07) is 8.57. The molecule has 1 aromatic carbocycles. The Morgan fingerprint density at radius 1 is 1.19 bits per heavy atom. The number of carbonyl (C=O) groups excluding carboxylic acids is 2. The second-order valence-electron chi connectivity index (χ2n) is 4.89. The highest BCUT2D eigenvalue weighted by Gasteiger charge is 2.12.